The van der Waals surface area contributed by atoms with E-state index in [-0.39, 0.29) is 5.91 Å². The summed E-state index contributed by atoms with van der Waals surface area (Å²) in [5, 5.41) is 2.81. The lowest BCUT2D eigenvalue weighted by atomic mass is 9.95. The van der Waals surface area contributed by atoms with Gasteiger partial charge in [0.2, 0.25) is 5.91 Å². The Kier molecular flexibility index (Phi) is 4.82. The highest BCUT2D eigenvalue weighted by Gasteiger charge is 2.45. The van der Waals surface area contributed by atoms with Gasteiger partial charge in [0, 0.05) is 9.75 Å². The van der Waals surface area contributed by atoms with Crippen LogP contribution in [0.15, 0.2) is 30.3 Å². The van der Waals surface area contributed by atoms with Crippen molar-refractivity contribution in [2.75, 3.05) is 10.2 Å². The van der Waals surface area contributed by atoms with Gasteiger partial charge in [-0.15, -0.1) is 11.3 Å². The maximum atomic E-state index is 13.2. The lowest BCUT2D eigenvalue weighted by Gasteiger charge is -2.42. The Morgan fingerprint density at radius 1 is 1.22 bits per heavy atom. The molecule has 1 aromatic carbocycles. The van der Waals surface area contributed by atoms with E-state index in [4.69, 9.17) is 4.74 Å². The highest BCUT2D eigenvalue weighted by atomic mass is 32.1. The number of anilines is 2. The Balaban J connectivity index is 1.88. The zero-order valence-corrected chi connectivity index (χ0v) is 16.8. The van der Waals surface area contributed by atoms with E-state index in [1.807, 2.05) is 13.8 Å². The van der Waals surface area contributed by atoms with Gasteiger partial charge in [-0.2, -0.15) is 0 Å². The third-order valence-corrected chi connectivity index (χ3v) is 5.59. The van der Waals surface area contributed by atoms with E-state index in [1.165, 1.54) is 23.2 Å². The Labute approximate surface area is 162 Å². The summed E-state index contributed by atoms with van der Waals surface area (Å²) in [6.07, 6.45) is -1.03. The second-order valence-corrected chi connectivity index (χ2v) is 8.54. The molecule has 6 nitrogen and oxygen atoms in total. The Bertz CT molecular complexity index is 932. The summed E-state index contributed by atoms with van der Waals surface area (Å²) in [4.78, 5) is 41.4. The lowest BCUT2D eigenvalue weighted by Crippen LogP contribution is -2.60. The molecule has 7 heteroatoms. The maximum absolute atomic E-state index is 13.2. The fourth-order valence-corrected chi connectivity index (χ4v) is 4.05. The van der Waals surface area contributed by atoms with E-state index in [0.717, 1.165) is 9.75 Å². The highest BCUT2D eigenvalue weighted by Crippen LogP contribution is 2.37. The highest BCUT2D eigenvalue weighted by molar-refractivity contribution is 7.12. The predicted molar refractivity (Wildman–Crippen MR) is 105 cm³/mol. The molecule has 0 saturated carbocycles. The summed E-state index contributed by atoms with van der Waals surface area (Å²) in [6.45, 7) is 8.61. The predicted octanol–water partition coefficient (Wildman–Crippen LogP) is 3.67. The minimum Gasteiger partial charge on any atom is -0.449 e. The molecule has 0 radical (unpaired) electrons. The van der Waals surface area contributed by atoms with Crippen LogP contribution in [0.2, 0.25) is 0 Å². The maximum Gasteiger partial charge on any atom is 0.340 e. The number of hydrogen-bond donors (Lipinski definition) is 1. The number of amides is 2. The Hall–Kier alpha value is -2.67. The van der Waals surface area contributed by atoms with Gasteiger partial charge >= 0.3 is 5.97 Å². The van der Waals surface area contributed by atoms with Gasteiger partial charge in [0.25, 0.3) is 5.91 Å². The summed E-state index contributed by atoms with van der Waals surface area (Å²) >= 11 is 1.50. The van der Waals surface area contributed by atoms with E-state index in [9.17, 15) is 14.4 Å². The topological polar surface area (TPSA) is 75.7 Å². The van der Waals surface area contributed by atoms with Crippen molar-refractivity contribution >= 4 is 40.5 Å². The number of hydrogen-bond acceptors (Lipinski definition) is 5. The van der Waals surface area contributed by atoms with Crippen LogP contribution >= 0.6 is 11.3 Å². The number of nitrogens with one attached hydrogen (secondary N) is 1. The minimum absolute atomic E-state index is 0.294. The number of rotatable bonds is 3. The summed E-state index contributed by atoms with van der Waals surface area (Å²) in [6, 6.07) is 8.82. The van der Waals surface area contributed by atoms with Gasteiger partial charge in [0.05, 0.1) is 16.9 Å². The van der Waals surface area contributed by atoms with E-state index in [0.29, 0.717) is 16.9 Å². The van der Waals surface area contributed by atoms with Crippen molar-refractivity contribution in [2.45, 2.75) is 46.3 Å². The Morgan fingerprint density at radius 2 is 1.89 bits per heavy atom. The van der Waals surface area contributed by atoms with Gasteiger partial charge in [0.1, 0.15) is 5.54 Å². The van der Waals surface area contributed by atoms with Crippen LogP contribution in [-0.4, -0.2) is 29.4 Å². The van der Waals surface area contributed by atoms with Crippen molar-refractivity contribution in [3.05, 3.63) is 45.6 Å². The molecule has 2 heterocycles. The van der Waals surface area contributed by atoms with E-state index < -0.39 is 23.5 Å². The zero-order valence-electron chi connectivity index (χ0n) is 16.0. The van der Waals surface area contributed by atoms with Crippen molar-refractivity contribution in [3.63, 3.8) is 0 Å². The Morgan fingerprint density at radius 3 is 2.52 bits per heavy atom. The first-order chi connectivity index (χ1) is 12.6. The van der Waals surface area contributed by atoms with Gasteiger partial charge in [-0.1, -0.05) is 12.1 Å². The number of thiophene rings is 1. The zero-order chi connectivity index (χ0) is 19.9. The number of fused-ring (bicyclic) bond motifs is 1. The standard InChI is InChI=1S/C20H22N2O4S/c1-11-10-14(13(3)27-11)18(24)26-12(2)17(23)22-16-9-7-6-8-15(16)21-19(25)20(22,4)5/h6-10,12H,1-5H3,(H,21,25)/t12-/m0/s1. The van der Waals surface area contributed by atoms with Gasteiger partial charge < -0.3 is 10.1 Å². The molecule has 0 fully saturated rings. The molecule has 0 spiro atoms. The average Bonchev–Trinajstić information content (AvgIpc) is 2.93. The van der Waals surface area contributed by atoms with E-state index >= 15 is 0 Å². The van der Waals surface area contributed by atoms with Gasteiger partial charge in [-0.3, -0.25) is 14.5 Å². The quantitative estimate of drug-likeness (QED) is 0.817. The molecule has 0 bridgehead atoms. The molecule has 2 amide bonds. The first kappa shape index (κ1) is 19.1. The fraction of sp³-hybridized carbons (Fsp3) is 0.350. The number of carbonyl (C=O) groups is 3. The summed E-state index contributed by atoms with van der Waals surface area (Å²) in [5.74, 6) is -1.28. The van der Waals surface area contributed by atoms with E-state index in [2.05, 4.69) is 5.32 Å². The van der Waals surface area contributed by atoms with Gasteiger partial charge in [-0.25, -0.2) is 4.79 Å². The van der Waals surface area contributed by atoms with Crippen LogP contribution in [0.1, 0.15) is 40.9 Å². The number of carbonyl (C=O) groups excluding carboxylic acids is 3. The molecule has 0 aliphatic carbocycles. The molecule has 142 valence electrons. The fourth-order valence-electron chi connectivity index (χ4n) is 3.14. The van der Waals surface area contributed by atoms with Crippen LogP contribution in [-0.2, 0) is 14.3 Å². The van der Waals surface area contributed by atoms with Crippen molar-refractivity contribution in [3.8, 4) is 0 Å². The molecule has 1 N–H and O–H groups in total. The number of benzene rings is 1. The van der Waals surface area contributed by atoms with Crippen molar-refractivity contribution in [1.29, 1.82) is 0 Å². The number of nitrogens with zero attached hydrogens (tertiary/aromatic N) is 1. The molecular weight excluding hydrogens is 364 g/mol. The third kappa shape index (κ3) is 3.35. The second-order valence-electron chi connectivity index (χ2n) is 7.08. The van der Waals surface area contributed by atoms with Gasteiger partial charge in [-0.05, 0) is 52.8 Å². The van der Waals surface area contributed by atoms with Crippen molar-refractivity contribution in [2.24, 2.45) is 0 Å². The summed E-state index contributed by atoms with van der Waals surface area (Å²) in [7, 11) is 0. The molecule has 1 aromatic heterocycles. The normalized spacial score (nSPS) is 16.3. The first-order valence-electron chi connectivity index (χ1n) is 8.65. The molecule has 3 rings (SSSR count). The molecule has 0 saturated heterocycles. The number of aryl methyl sites for hydroxylation is 2. The monoisotopic (exact) mass is 386 g/mol. The van der Waals surface area contributed by atoms with Crippen molar-refractivity contribution < 1.29 is 19.1 Å². The van der Waals surface area contributed by atoms with Crippen LogP contribution in [0, 0.1) is 13.8 Å². The number of para-hydroxylation sites is 2. The molecule has 1 aliphatic rings. The minimum atomic E-state index is -1.11. The lowest BCUT2D eigenvalue weighted by molar-refractivity contribution is -0.131. The number of ether oxygens (including phenoxy) is 1. The average molecular weight is 386 g/mol. The van der Waals surface area contributed by atoms with Crippen LogP contribution in [0.4, 0.5) is 11.4 Å². The molecular formula is C20H22N2O4S. The summed E-state index contributed by atoms with van der Waals surface area (Å²) in [5.41, 5.74) is 0.491. The molecule has 2 aromatic rings. The number of esters is 1. The molecule has 0 unspecified atom stereocenters. The van der Waals surface area contributed by atoms with E-state index in [1.54, 1.807) is 44.2 Å². The van der Waals surface area contributed by atoms with Crippen LogP contribution < -0.4 is 10.2 Å². The first-order valence-corrected chi connectivity index (χ1v) is 9.47. The smallest absolute Gasteiger partial charge is 0.340 e. The van der Waals surface area contributed by atoms with Crippen LogP contribution in [0.25, 0.3) is 0 Å². The molecule has 1 aliphatic heterocycles. The molecule has 1 atom stereocenters. The SMILES string of the molecule is Cc1cc(C(=O)O[C@@H](C)C(=O)N2c3ccccc3NC(=O)C2(C)C)c(C)s1. The van der Waals surface area contributed by atoms with Crippen LogP contribution in [0.5, 0.6) is 0 Å². The third-order valence-electron chi connectivity index (χ3n) is 4.62. The van der Waals surface area contributed by atoms with Crippen LogP contribution in [0.3, 0.4) is 0 Å². The van der Waals surface area contributed by atoms with Crippen molar-refractivity contribution in [1.82, 2.24) is 0 Å². The van der Waals surface area contributed by atoms with Gasteiger partial charge in [0.15, 0.2) is 6.10 Å². The summed E-state index contributed by atoms with van der Waals surface area (Å²) < 4.78 is 5.43. The molecule has 27 heavy (non-hydrogen) atoms. The second kappa shape index (κ2) is 6.81. The largest absolute Gasteiger partial charge is 0.449 e.